The minimum absolute atomic E-state index is 0.839. The fraction of sp³-hybridized carbons (Fsp3) is 0.231. The van der Waals surface area contributed by atoms with Crippen molar-refractivity contribution in [1.29, 1.82) is 0 Å². The maximum Gasteiger partial charge on any atom is 0.0276 e. The number of hydrogen-bond acceptors (Lipinski definition) is 1. The van der Waals surface area contributed by atoms with E-state index in [4.69, 9.17) is 5.73 Å². The SMILES string of the molecule is C=C/C=C(/C)C1=C(C)C=CC(N)=CC1. The van der Waals surface area contributed by atoms with Crippen LogP contribution in [0, 0.1) is 0 Å². The van der Waals surface area contributed by atoms with E-state index in [9.17, 15) is 0 Å². The van der Waals surface area contributed by atoms with Crippen molar-refractivity contribution in [1.82, 2.24) is 0 Å². The minimum atomic E-state index is 0.839. The van der Waals surface area contributed by atoms with Gasteiger partial charge in [0.25, 0.3) is 0 Å². The molecule has 0 bridgehead atoms. The van der Waals surface area contributed by atoms with E-state index in [1.165, 1.54) is 16.7 Å². The van der Waals surface area contributed by atoms with Crippen molar-refractivity contribution in [2.24, 2.45) is 5.73 Å². The Morgan fingerprint density at radius 2 is 2.21 bits per heavy atom. The van der Waals surface area contributed by atoms with Crippen LogP contribution in [0.1, 0.15) is 20.3 Å². The summed E-state index contributed by atoms with van der Waals surface area (Å²) in [6.45, 7) is 7.91. The summed E-state index contributed by atoms with van der Waals surface area (Å²) in [5, 5.41) is 0. The first kappa shape index (κ1) is 10.6. The molecule has 0 radical (unpaired) electrons. The average Bonchev–Trinajstić information content (AvgIpc) is 2.30. The van der Waals surface area contributed by atoms with Crippen molar-refractivity contribution in [2.75, 3.05) is 0 Å². The third kappa shape index (κ3) is 2.49. The number of hydrogen-bond donors (Lipinski definition) is 1. The molecule has 1 aliphatic rings. The summed E-state index contributed by atoms with van der Waals surface area (Å²) in [7, 11) is 0. The van der Waals surface area contributed by atoms with Gasteiger partial charge in [-0.05, 0) is 43.1 Å². The fourth-order valence-electron chi connectivity index (χ4n) is 1.52. The van der Waals surface area contributed by atoms with Crippen LogP contribution in [0.3, 0.4) is 0 Å². The molecule has 1 rings (SSSR count). The molecule has 1 nitrogen and oxygen atoms in total. The average molecular weight is 187 g/mol. The highest BCUT2D eigenvalue weighted by atomic mass is 14.6. The Labute approximate surface area is 86.0 Å². The van der Waals surface area contributed by atoms with Crippen molar-refractivity contribution < 1.29 is 0 Å². The predicted molar refractivity (Wildman–Crippen MR) is 62.7 cm³/mol. The van der Waals surface area contributed by atoms with Crippen LogP contribution in [0.15, 0.2) is 59.4 Å². The van der Waals surface area contributed by atoms with Crippen LogP contribution in [-0.4, -0.2) is 0 Å². The smallest absolute Gasteiger partial charge is 0.0276 e. The Morgan fingerprint density at radius 1 is 1.50 bits per heavy atom. The molecule has 0 aromatic heterocycles. The van der Waals surface area contributed by atoms with Crippen molar-refractivity contribution in [3.05, 3.63) is 59.4 Å². The zero-order valence-corrected chi connectivity index (χ0v) is 8.88. The lowest BCUT2D eigenvalue weighted by molar-refractivity contribution is 1.16. The van der Waals surface area contributed by atoms with Crippen LogP contribution < -0.4 is 5.73 Å². The molecule has 0 spiro atoms. The van der Waals surface area contributed by atoms with Crippen LogP contribution in [0.2, 0.25) is 0 Å². The third-order valence-electron chi connectivity index (χ3n) is 2.39. The molecule has 0 aromatic carbocycles. The number of rotatable bonds is 2. The molecule has 0 saturated heterocycles. The van der Waals surface area contributed by atoms with Crippen molar-refractivity contribution in [3.8, 4) is 0 Å². The van der Waals surface area contributed by atoms with Gasteiger partial charge in [-0.3, -0.25) is 0 Å². The first-order valence-corrected chi connectivity index (χ1v) is 4.78. The van der Waals surface area contributed by atoms with E-state index in [2.05, 4.69) is 26.5 Å². The molecule has 0 saturated carbocycles. The molecular formula is C13H17N. The van der Waals surface area contributed by atoms with Crippen LogP contribution in [0.5, 0.6) is 0 Å². The second-order valence-corrected chi connectivity index (χ2v) is 3.49. The van der Waals surface area contributed by atoms with Crippen molar-refractivity contribution in [3.63, 3.8) is 0 Å². The van der Waals surface area contributed by atoms with Gasteiger partial charge in [-0.15, -0.1) is 0 Å². The molecule has 0 aliphatic heterocycles. The normalized spacial score (nSPS) is 17.9. The summed E-state index contributed by atoms with van der Waals surface area (Å²) in [5.74, 6) is 0. The highest BCUT2D eigenvalue weighted by molar-refractivity contribution is 5.44. The lowest BCUT2D eigenvalue weighted by Crippen LogP contribution is -1.91. The van der Waals surface area contributed by atoms with Gasteiger partial charge in [-0.2, -0.15) is 0 Å². The molecule has 2 N–H and O–H groups in total. The van der Waals surface area contributed by atoms with E-state index in [0.717, 1.165) is 12.1 Å². The van der Waals surface area contributed by atoms with Gasteiger partial charge in [0.15, 0.2) is 0 Å². The van der Waals surface area contributed by atoms with E-state index in [1.54, 1.807) is 0 Å². The number of nitrogens with two attached hydrogens (primary N) is 1. The summed E-state index contributed by atoms with van der Waals surface area (Å²) in [6.07, 6.45) is 10.8. The molecule has 0 unspecified atom stereocenters. The first-order chi connectivity index (χ1) is 6.65. The van der Waals surface area contributed by atoms with E-state index in [0.29, 0.717) is 0 Å². The molecule has 0 atom stereocenters. The zero-order chi connectivity index (χ0) is 10.6. The molecule has 0 amide bonds. The predicted octanol–water partition coefficient (Wildman–Crippen LogP) is 3.24. The topological polar surface area (TPSA) is 26.0 Å². The second kappa shape index (κ2) is 4.66. The Morgan fingerprint density at radius 3 is 2.86 bits per heavy atom. The molecule has 0 aromatic rings. The maximum absolute atomic E-state index is 5.74. The molecule has 0 heterocycles. The lowest BCUT2D eigenvalue weighted by Gasteiger charge is -2.06. The molecule has 14 heavy (non-hydrogen) atoms. The van der Waals surface area contributed by atoms with Crippen LogP contribution >= 0.6 is 0 Å². The van der Waals surface area contributed by atoms with Gasteiger partial charge in [-0.25, -0.2) is 0 Å². The quantitative estimate of drug-likeness (QED) is 0.660. The van der Waals surface area contributed by atoms with Crippen LogP contribution in [0.4, 0.5) is 0 Å². The fourth-order valence-corrected chi connectivity index (χ4v) is 1.52. The Kier molecular flexibility index (Phi) is 3.52. The largest absolute Gasteiger partial charge is 0.399 e. The lowest BCUT2D eigenvalue weighted by atomic mass is 9.99. The maximum atomic E-state index is 5.74. The second-order valence-electron chi connectivity index (χ2n) is 3.49. The van der Waals surface area contributed by atoms with Crippen LogP contribution in [0.25, 0.3) is 0 Å². The molecule has 1 heteroatoms. The highest BCUT2D eigenvalue weighted by Gasteiger charge is 2.04. The highest BCUT2D eigenvalue weighted by Crippen LogP contribution is 2.22. The summed E-state index contributed by atoms with van der Waals surface area (Å²) in [6, 6.07) is 0. The standard InChI is InChI=1S/C13H17N/c1-4-5-10(2)13-9-8-12(14)7-6-11(13)3/h4-8H,1,9,14H2,2-3H3/b10-5-. The van der Waals surface area contributed by atoms with E-state index in [-0.39, 0.29) is 0 Å². The van der Waals surface area contributed by atoms with Gasteiger partial charge in [0.1, 0.15) is 0 Å². The summed E-state index contributed by atoms with van der Waals surface area (Å²) in [5.41, 5.74) is 10.4. The summed E-state index contributed by atoms with van der Waals surface area (Å²) in [4.78, 5) is 0. The Hall–Kier alpha value is -1.50. The van der Waals surface area contributed by atoms with E-state index >= 15 is 0 Å². The third-order valence-corrected chi connectivity index (χ3v) is 2.39. The van der Waals surface area contributed by atoms with Gasteiger partial charge in [-0.1, -0.05) is 30.9 Å². The first-order valence-electron chi connectivity index (χ1n) is 4.78. The van der Waals surface area contributed by atoms with Gasteiger partial charge < -0.3 is 5.73 Å². The van der Waals surface area contributed by atoms with Gasteiger partial charge in [0.2, 0.25) is 0 Å². The van der Waals surface area contributed by atoms with E-state index < -0.39 is 0 Å². The molecule has 0 fully saturated rings. The summed E-state index contributed by atoms with van der Waals surface area (Å²) < 4.78 is 0. The monoisotopic (exact) mass is 187 g/mol. The molecule has 74 valence electrons. The minimum Gasteiger partial charge on any atom is -0.399 e. The van der Waals surface area contributed by atoms with Gasteiger partial charge >= 0.3 is 0 Å². The van der Waals surface area contributed by atoms with E-state index in [1.807, 2.05) is 24.3 Å². The number of allylic oxidation sites excluding steroid dienone is 8. The molecular weight excluding hydrogens is 170 g/mol. The van der Waals surface area contributed by atoms with Crippen molar-refractivity contribution in [2.45, 2.75) is 20.3 Å². The van der Waals surface area contributed by atoms with Gasteiger partial charge in [0, 0.05) is 5.70 Å². The zero-order valence-electron chi connectivity index (χ0n) is 8.88. The summed E-state index contributed by atoms with van der Waals surface area (Å²) >= 11 is 0. The van der Waals surface area contributed by atoms with Crippen LogP contribution in [-0.2, 0) is 0 Å². The Balaban J connectivity index is 3.04. The molecule has 1 aliphatic carbocycles. The van der Waals surface area contributed by atoms with Gasteiger partial charge in [0.05, 0.1) is 0 Å². The Bertz CT molecular complexity index is 351. The van der Waals surface area contributed by atoms with Crippen molar-refractivity contribution >= 4 is 0 Å².